The lowest BCUT2D eigenvalue weighted by Gasteiger charge is -2.37. The first-order valence-corrected chi connectivity index (χ1v) is 9.60. The molecule has 2 rings (SSSR count). The maximum absolute atomic E-state index is 13.1. The second-order valence-electron chi connectivity index (χ2n) is 7.66. The van der Waals surface area contributed by atoms with Crippen LogP contribution in [-0.4, -0.2) is 23.1 Å². The van der Waals surface area contributed by atoms with Gasteiger partial charge < -0.3 is 4.74 Å². The molecule has 1 fully saturated rings. The molecule has 1 aromatic rings. The molecule has 1 saturated carbocycles. The van der Waals surface area contributed by atoms with Gasteiger partial charge in [-0.25, -0.2) is 4.79 Å². The molecule has 0 aliphatic heterocycles. The fourth-order valence-electron chi connectivity index (χ4n) is 3.48. The molecule has 3 atom stereocenters. The van der Waals surface area contributed by atoms with Crippen molar-refractivity contribution in [3.8, 4) is 0 Å². The molecule has 0 N–H and O–H groups in total. The average molecular weight is 421 g/mol. The lowest BCUT2D eigenvalue weighted by Crippen LogP contribution is -2.34. The largest absolute Gasteiger partial charge is 0.456 e. The first-order chi connectivity index (χ1) is 11.5. The number of carbonyl (C=O) groups is 1. The normalized spacial score (nSPS) is 24.8. The molecule has 2 nitrogen and oxygen atoms in total. The Hall–Kier alpha value is -1.04. The number of alkyl halides is 4. The molecular weight excluding hydrogens is 397 g/mol. The molecule has 1 aliphatic carbocycles. The molecule has 25 heavy (non-hydrogen) atoms. The van der Waals surface area contributed by atoms with Crippen LogP contribution in [0.25, 0.3) is 0 Å². The summed E-state index contributed by atoms with van der Waals surface area (Å²) >= 11 is 3.37. The van der Waals surface area contributed by atoms with Gasteiger partial charge in [0, 0.05) is 5.33 Å². The van der Waals surface area contributed by atoms with E-state index in [1.807, 2.05) is 12.1 Å². The minimum Gasteiger partial charge on any atom is -0.456 e. The topological polar surface area (TPSA) is 26.3 Å². The smallest absolute Gasteiger partial charge is 0.391 e. The van der Waals surface area contributed by atoms with Crippen LogP contribution in [0, 0.1) is 11.8 Å². The molecular formula is C19H24BrF3O2. The van der Waals surface area contributed by atoms with Gasteiger partial charge in [-0.1, -0.05) is 34.1 Å². The van der Waals surface area contributed by atoms with Crippen LogP contribution in [0.3, 0.4) is 0 Å². The van der Waals surface area contributed by atoms with Gasteiger partial charge >= 0.3 is 12.1 Å². The summed E-state index contributed by atoms with van der Waals surface area (Å²) in [6.45, 7) is 5.38. The van der Waals surface area contributed by atoms with Crippen LogP contribution >= 0.6 is 15.9 Å². The van der Waals surface area contributed by atoms with Gasteiger partial charge in [0.15, 0.2) is 0 Å². The molecule has 0 amide bonds. The van der Waals surface area contributed by atoms with E-state index in [-0.39, 0.29) is 24.7 Å². The van der Waals surface area contributed by atoms with Crippen LogP contribution < -0.4 is 0 Å². The second kappa shape index (κ2) is 7.68. The van der Waals surface area contributed by atoms with Crippen LogP contribution in [0.5, 0.6) is 0 Å². The highest BCUT2D eigenvalue weighted by Crippen LogP contribution is 2.47. The zero-order valence-electron chi connectivity index (χ0n) is 14.7. The standard InChI is InChI=1S/C19H24BrF3O2/c1-18(2,3)25-17(24)16-7-5-4-6-15(16)14-9-8-13(19(21,22)23)10-12(14)11-20/h4-7,12-14H,8-11H2,1-3H3. The monoisotopic (exact) mass is 420 g/mol. The van der Waals surface area contributed by atoms with E-state index in [0.717, 1.165) is 5.56 Å². The molecule has 140 valence electrons. The maximum Gasteiger partial charge on any atom is 0.391 e. The van der Waals surface area contributed by atoms with Crippen molar-refractivity contribution < 1.29 is 22.7 Å². The molecule has 1 aromatic carbocycles. The number of hydrogen-bond donors (Lipinski definition) is 0. The number of ether oxygens (including phenoxy) is 1. The number of benzene rings is 1. The number of esters is 1. The third kappa shape index (κ3) is 5.22. The predicted octanol–water partition coefficient (Wildman–Crippen LogP) is 6.10. The third-order valence-electron chi connectivity index (χ3n) is 4.62. The van der Waals surface area contributed by atoms with Gasteiger partial charge in [0.25, 0.3) is 0 Å². The fourth-order valence-corrected chi connectivity index (χ4v) is 4.20. The van der Waals surface area contributed by atoms with Gasteiger partial charge in [-0.15, -0.1) is 0 Å². The highest BCUT2D eigenvalue weighted by atomic mass is 79.9. The molecule has 0 bridgehead atoms. The van der Waals surface area contributed by atoms with Crippen molar-refractivity contribution >= 4 is 21.9 Å². The Balaban J connectivity index is 2.28. The summed E-state index contributed by atoms with van der Waals surface area (Å²) in [5, 5.41) is 0.479. The number of hydrogen-bond acceptors (Lipinski definition) is 2. The van der Waals surface area contributed by atoms with Crippen molar-refractivity contribution in [1.29, 1.82) is 0 Å². The van der Waals surface area contributed by atoms with Crippen molar-refractivity contribution in [2.75, 3.05) is 5.33 Å². The van der Waals surface area contributed by atoms with Crippen LogP contribution in [0.2, 0.25) is 0 Å². The van der Waals surface area contributed by atoms with Crippen molar-refractivity contribution in [2.24, 2.45) is 11.8 Å². The minimum atomic E-state index is -4.16. The van der Waals surface area contributed by atoms with Gasteiger partial charge in [-0.3, -0.25) is 0 Å². The van der Waals surface area contributed by atoms with Gasteiger partial charge in [0.2, 0.25) is 0 Å². The van der Waals surface area contributed by atoms with Crippen LogP contribution in [-0.2, 0) is 4.74 Å². The van der Waals surface area contributed by atoms with Crippen LogP contribution in [0.1, 0.15) is 61.9 Å². The quantitative estimate of drug-likeness (QED) is 0.436. The Morgan fingerprint density at radius 3 is 2.40 bits per heavy atom. The van der Waals surface area contributed by atoms with E-state index in [0.29, 0.717) is 17.3 Å². The number of carbonyl (C=O) groups excluding carboxylic acids is 1. The Kier molecular flexibility index (Phi) is 6.23. The highest BCUT2D eigenvalue weighted by molar-refractivity contribution is 9.09. The van der Waals surface area contributed by atoms with E-state index in [2.05, 4.69) is 15.9 Å². The predicted molar refractivity (Wildman–Crippen MR) is 95.0 cm³/mol. The van der Waals surface area contributed by atoms with E-state index in [9.17, 15) is 18.0 Å². The Morgan fingerprint density at radius 1 is 1.20 bits per heavy atom. The maximum atomic E-state index is 13.1. The van der Waals surface area contributed by atoms with Crippen molar-refractivity contribution in [2.45, 2.75) is 57.7 Å². The average Bonchev–Trinajstić information content (AvgIpc) is 2.51. The summed E-state index contributed by atoms with van der Waals surface area (Å²) in [6.07, 6.45) is -3.56. The van der Waals surface area contributed by atoms with Crippen LogP contribution in [0.15, 0.2) is 24.3 Å². The molecule has 3 unspecified atom stereocenters. The molecule has 0 radical (unpaired) electrons. The Bertz CT molecular complexity index is 607. The van der Waals surface area contributed by atoms with Gasteiger partial charge in [0.1, 0.15) is 5.60 Å². The summed E-state index contributed by atoms with van der Waals surface area (Å²) < 4.78 is 44.7. The van der Waals surface area contributed by atoms with Crippen LogP contribution in [0.4, 0.5) is 13.2 Å². The van der Waals surface area contributed by atoms with Crippen molar-refractivity contribution in [3.05, 3.63) is 35.4 Å². The van der Waals surface area contributed by atoms with Crippen molar-refractivity contribution in [1.82, 2.24) is 0 Å². The fraction of sp³-hybridized carbons (Fsp3) is 0.632. The first kappa shape index (κ1) is 20.3. The number of rotatable bonds is 3. The highest BCUT2D eigenvalue weighted by Gasteiger charge is 2.45. The van der Waals surface area contributed by atoms with E-state index < -0.39 is 23.7 Å². The van der Waals surface area contributed by atoms with Gasteiger partial charge in [0.05, 0.1) is 11.5 Å². The Morgan fingerprint density at radius 2 is 1.84 bits per heavy atom. The summed E-state index contributed by atoms with van der Waals surface area (Å²) in [5.41, 5.74) is 0.633. The molecule has 1 aliphatic rings. The zero-order valence-corrected chi connectivity index (χ0v) is 16.3. The van der Waals surface area contributed by atoms with E-state index in [1.54, 1.807) is 32.9 Å². The SMILES string of the molecule is CC(C)(C)OC(=O)c1ccccc1C1CCC(C(F)(F)F)CC1CBr. The lowest BCUT2D eigenvalue weighted by molar-refractivity contribution is -0.186. The van der Waals surface area contributed by atoms with E-state index in [4.69, 9.17) is 4.74 Å². The summed E-state index contributed by atoms with van der Waals surface area (Å²) in [4.78, 5) is 12.5. The Labute approximate surface area is 155 Å². The lowest BCUT2D eigenvalue weighted by atomic mass is 9.71. The third-order valence-corrected chi connectivity index (χ3v) is 5.45. The summed E-state index contributed by atoms with van der Waals surface area (Å²) in [7, 11) is 0. The second-order valence-corrected chi connectivity index (χ2v) is 8.31. The van der Waals surface area contributed by atoms with Gasteiger partial charge in [-0.2, -0.15) is 13.2 Å². The van der Waals surface area contributed by atoms with E-state index in [1.165, 1.54) is 0 Å². The summed E-state index contributed by atoms with van der Waals surface area (Å²) in [6, 6.07) is 7.12. The summed E-state index contributed by atoms with van der Waals surface area (Å²) in [5.74, 6) is -1.93. The molecule has 0 saturated heterocycles. The van der Waals surface area contributed by atoms with Crippen molar-refractivity contribution in [3.63, 3.8) is 0 Å². The van der Waals surface area contributed by atoms with Gasteiger partial charge in [-0.05, 0) is 63.5 Å². The molecule has 0 aromatic heterocycles. The molecule has 6 heteroatoms. The van der Waals surface area contributed by atoms with E-state index >= 15 is 0 Å². The number of halogens is 4. The zero-order chi connectivity index (χ0) is 18.8. The first-order valence-electron chi connectivity index (χ1n) is 8.48. The minimum absolute atomic E-state index is 0.0818. The molecule has 0 spiro atoms. The molecule has 0 heterocycles.